The Labute approximate surface area is 179 Å². The van der Waals surface area contributed by atoms with E-state index in [0.717, 1.165) is 35.2 Å². The fourth-order valence-electron chi connectivity index (χ4n) is 3.74. The molecule has 0 atom stereocenters. The van der Waals surface area contributed by atoms with Gasteiger partial charge in [0.05, 0.1) is 27.5 Å². The summed E-state index contributed by atoms with van der Waals surface area (Å²) in [5, 5.41) is 13.0. The molecule has 6 nitrogen and oxygen atoms in total. The number of aromatic carboxylic acids is 1. The maximum atomic E-state index is 13.5. The van der Waals surface area contributed by atoms with Crippen LogP contribution in [-0.4, -0.2) is 31.7 Å². The Morgan fingerprint density at radius 3 is 2.48 bits per heavy atom. The van der Waals surface area contributed by atoms with Crippen molar-refractivity contribution < 1.29 is 27.9 Å². The Balaban J connectivity index is 1.86. The molecule has 160 valence electrons. The number of aromatic nitrogens is 3. The van der Waals surface area contributed by atoms with Crippen molar-refractivity contribution in [2.75, 3.05) is 0 Å². The predicted octanol–water partition coefficient (Wildman–Crippen LogP) is 4.88. The molecule has 1 aliphatic carbocycles. The van der Waals surface area contributed by atoms with Gasteiger partial charge >= 0.3 is 12.1 Å². The predicted molar refractivity (Wildman–Crippen MR) is 105 cm³/mol. The number of nitrogens with zero attached hydrogens (tertiary/aromatic N) is 3. The highest BCUT2D eigenvalue weighted by Crippen LogP contribution is 2.37. The third-order valence-corrected chi connectivity index (χ3v) is 5.48. The zero-order chi connectivity index (χ0) is 22.3. The Kier molecular flexibility index (Phi) is 5.30. The van der Waals surface area contributed by atoms with Crippen LogP contribution < -0.4 is 0 Å². The molecule has 0 spiro atoms. The molecule has 0 amide bonds. The van der Waals surface area contributed by atoms with Crippen molar-refractivity contribution in [1.29, 1.82) is 0 Å². The smallest absolute Gasteiger partial charge is 0.417 e. The third-order valence-electron chi connectivity index (χ3n) is 5.16. The van der Waals surface area contributed by atoms with E-state index in [1.165, 1.54) is 24.4 Å². The molecule has 1 aliphatic rings. The molecule has 1 N–H and O–H groups in total. The molecule has 2 heterocycles. The van der Waals surface area contributed by atoms with E-state index < -0.39 is 29.2 Å². The lowest BCUT2D eigenvalue weighted by atomic mass is 9.93. The largest absolute Gasteiger partial charge is 0.477 e. The van der Waals surface area contributed by atoms with E-state index in [4.69, 9.17) is 16.7 Å². The Morgan fingerprint density at radius 1 is 1.10 bits per heavy atom. The van der Waals surface area contributed by atoms with Crippen LogP contribution in [0.2, 0.25) is 5.02 Å². The molecule has 0 radical (unpaired) electrons. The quantitative estimate of drug-likeness (QED) is 0.615. The number of carboxylic acid groups (broad SMARTS) is 1. The third kappa shape index (κ3) is 3.81. The van der Waals surface area contributed by atoms with Crippen molar-refractivity contribution in [2.45, 2.75) is 31.9 Å². The Hall–Kier alpha value is -3.20. The van der Waals surface area contributed by atoms with E-state index >= 15 is 0 Å². The normalized spacial score (nSPS) is 13.7. The summed E-state index contributed by atoms with van der Waals surface area (Å²) >= 11 is 6.01. The molecule has 0 bridgehead atoms. The molecule has 0 unspecified atom stereocenters. The number of benzene rings is 1. The van der Waals surface area contributed by atoms with Gasteiger partial charge in [0.1, 0.15) is 5.69 Å². The first-order valence-electron chi connectivity index (χ1n) is 9.39. The van der Waals surface area contributed by atoms with E-state index in [-0.39, 0.29) is 10.7 Å². The molecular weight excluding hydrogens is 435 g/mol. The number of halogens is 4. The summed E-state index contributed by atoms with van der Waals surface area (Å²) in [5.74, 6) is -2.15. The molecule has 4 rings (SSSR count). The van der Waals surface area contributed by atoms with Gasteiger partial charge in [0.25, 0.3) is 5.91 Å². The highest BCUT2D eigenvalue weighted by molar-refractivity contribution is 6.34. The number of carbonyl (C=O) groups is 2. The maximum absolute atomic E-state index is 13.5. The number of alkyl halides is 3. The van der Waals surface area contributed by atoms with Crippen LogP contribution in [0, 0.1) is 0 Å². The summed E-state index contributed by atoms with van der Waals surface area (Å²) in [6, 6.07) is 6.00. The van der Waals surface area contributed by atoms with Crippen molar-refractivity contribution in [1.82, 2.24) is 14.8 Å². The lowest BCUT2D eigenvalue weighted by molar-refractivity contribution is -0.137. The second kappa shape index (κ2) is 7.81. The van der Waals surface area contributed by atoms with E-state index in [2.05, 4.69) is 10.1 Å². The van der Waals surface area contributed by atoms with Crippen molar-refractivity contribution in [2.24, 2.45) is 0 Å². The molecular formula is C21H15ClF3N3O3. The van der Waals surface area contributed by atoms with Crippen molar-refractivity contribution in [3.05, 3.63) is 69.6 Å². The van der Waals surface area contributed by atoms with Gasteiger partial charge in [-0.15, -0.1) is 0 Å². The summed E-state index contributed by atoms with van der Waals surface area (Å²) in [7, 11) is 0. The van der Waals surface area contributed by atoms with Gasteiger partial charge in [-0.1, -0.05) is 17.7 Å². The zero-order valence-electron chi connectivity index (χ0n) is 15.9. The molecule has 2 aromatic heterocycles. The van der Waals surface area contributed by atoms with E-state index in [9.17, 15) is 22.8 Å². The first-order valence-corrected chi connectivity index (χ1v) is 9.77. The molecule has 0 saturated carbocycles. The lowest BCUT2D eigenvalue weighted by Crippen LogP contribution is -2.22. The van der Waals surface area contributed by atoms with Crippen LogP contribution in [-0.2, 0) is 19.0 Å². The molecule has 0 aliphatic heterocycles. The fourth-order valence-corrected chi connectivity index (χ4v) is 4.00. The topological polar surface area (TPSA) is 85.1 Å². The molecule has 0 saturated heterocycles. The van der Waals surface area contributed by atoms with Crippen molar-refractivity contribution in [3.63, 3.8) is 0 Å². The maximum Gasteiger partial charge on any atom is 0.417 e. The van der Waals surface area contributed by atoms with Gasteiger partial charge in [0.2, 0.25) is 0 Å². The van der Waals surface area contributed by atoms with E-state index in [1.54, 1.807) is 0 Å². The number of rotatable bonds is 3. The van der Waals surface area contributed by atoms with Crippen molar-refractivity contribution >= 4 is 23.5 Å². The molecule has 0 fully saturated rings. The summed E-state index contributed by atoms with van der Waals surface area (Å²) in [6.07, 6.45) is -0.779. The number of fused-ring (bicyclic) bond motifs is 1. The SMILES string of the molecule is O=C(O)c1ccc(-c2nn(C(=O)c3c(Cl)cccc3C(F)(F)F)c3c2CCCC3)cn1. The highest BCUT2D eigenvalue weighted by atomic mass is 35.5. The number of hydrogen-bond acceptors (Lipinski definition) is 4. The standard InChI is InChI=1S/C21H15ClF3N3O3/c22-14-6-3-5-13(21(23,24)25)17(14)19(29)28-16-7-2-1-4-12(16)18(27-28)11-8-9-15(20(30)31)26-10-11/h3,5-6,8-10H,1-2,4,7H2,(H,30,31). The second-order valence-electron chi connectivity index (χ2n) is 7.10. The fraction of sp³-hybridized carbons (Fsp3) is 0.238. The van der Waals surface area contributed by atoms with Crippen LogP contribution in [0.1, 0.15) is 50.5 Å². The van der Waals surface area contributed by atoms with Gasteiger partial charge in [0.15, 0.2) is 0 Å². The zero-order valence-corrected chi connectivity index (χ0v) is 16.7. The first kappa shape index (κ1) is 21.0. The second-order valence-corrected chi connectivity index (χ2v) is 7.50. The average molecular weight is 450 g/mol. The minimum Gasteiger partial charge on any atom is -0.477 e. The van der Waals surface area contributed by atoms with Gasteiger partial charge < -0.3 is 5.11 Å². The highest BCUT2D eigenvalue weighted by Gasteiger charge is 2.38. The Bertz CT molecular complexity index is 1190. The number of hydrogen-bond donors (Lipinski definition) is 1. The average Bonchev–Trinajstić information content (AvgIpc) is 3.12. The number of carbonyl (C=O) groups excluding carboxylic acids is 1. The molecule has 10 heteroatoms. The minimum atomic E-state index is -4.76. The summed E-state index contributed by atoms with van der Waals surface area (Å²) in [5.41, 5.74) is 0.209. The minimum absolute atomic E-state index is 0.154. The summed E-state index contributed by atoms with van der Waals surface area (Å²) in [6.45, 7) is 0. The number of carboxylic acids is 1. The van der Waals surface area contributed by atoms with Crippen LogP contribution in [0.25, 0.3) is 11.3 Å². The lowest BCUT2D eigenvalue weighted by Gasteiger charge is -2.16. The van der Waals surface area contributed by atoms with Gasteiger partial charge in [-0.3, -0.25) is 4.79 Å². The summed E-state index contributed by atoms with van der Waals surface area (Å²) < 4.78 is 41.6. The van der Waals surface area contributed by atoms with Crippen molar-refractivity contribution in [3.8, 4) is 11.3 Å². The van der Waals surface area contributed by atoms with Gasteiger partial charge in [-0.2, -0.15) is 23.0 Å². The molecule has 31 heavy (non-hydrogen) atoms. The summed E-state index contributed by atoms with van der Waals surface area (Å²) in [4.78, 5) is 28.1. The molecule has 3 aromatic rings. The van der Waals surface area contributed by atoms with Crippen LogP contribution in [0.3, 0.4) is 0 Å². The van der Waals surface area contributed by atoms with Crippen LogP contribution >= 0.6 is 11.6 Å². The van der Waals surface area contributed by atoms with Gasteiger partial charge in [-0.05, 0) is 49.9 Å². The van der Waals surface area contributed by atoms with Gasteiger partial charge in [-0.25, -0.2) is 9.78 Å². The van der Waals surface area contributed by atoms with Crippen LogP contribution in [0.5, 0.6) is 0 Å². The van der Waals surface area contributed by atoms with Crippen LogP contribution in [0.4, 0.5) is 13.2 Å². The molecule has 1 aromatic carbocycles. The van der Waals surface area contributed by atoms with E-state index in [0.29, 0.717) is 29.8 Å². The number of pyridine rings is 1. The van der Waals surface area contributed by atoms with Crippen LogP contribution in [0.15, 0.2) is 36.5 Å². The monoisotopic (exact) mass is 449 g/mol. The first-order chi connectivity index (χ1) is 14.7. The van der Waals surface area contributed by atoms with Gasteiger partial charge in [0, 0.05) is 17.3 Å². The Morgan fingerprint density at radius 2 is 1.84 bits per heavy atom. The van der Waals surface area contributed by atoms with E-state index in [1.807, 2.05) is 0 Å².